The van der Waals surface area contributed by atoms with Gasteiger partial charge >= 0.3 is 0 Å². The average Bonchev–Trinajstić information content (AvgIpc) is 2.60. The van der Waals surface area contributed by atoms with E-state index in [0.29, 0.717) is 30.9 Å². The molecular formula is C19H23N3O3. The van der Waals surface area contributed by atoms with Gasteiger partial charge in [-0.3, -0.25) is 9.59 Å². The SMILES string of the molecule is COc1ccccc1CNCCC(=O)Nc1ccc(NC(C)=O)cc1. The number of carbonyl (C=O) groups excluding carboxylic acids is 2. The molecule has 0 unspecified atom stereocenters. The van der Waals surface area contributed by atoms with E-state index < -0.39 is 0 Å². The third-order valence-electron chi connectivity index (χ3n) is 3.53. The number of ether oxygens (including phenoxy) is 1. The summed E-state index contributed by atoms with van der Waals surface area (Å²) in [4.78, 5) is 22.9. The topological polar surface area (TPSA) is 79.5 Å². The van der Waals surface area contributed by atoms with Crippen molar-refractivity contribution in [3.63, 3.8) is 0 Å². The van der Waals surface area contributed by atoms with E-state index in [1.54, 1.807) is 31.4 Å². The molecule has 0 heterocycles. The molecule has 0 saturated carbocycles. The molecular weight excluding hydrogens is 318 g/mol. The summed E-state index contributed by atoms with van der Waals surface area (Å²) < 4.78 is 5.29. The summed E-state index contributed by atoms with van der Waals surface area (Å²) in [6.45, 7) is 2.66. The number of amides is 2. The van der Waals surface area contributed by atoms with Gasteiger partial charge < -0.3 is 20.7 Å². The average molecular weight is 341 g/mol. The molecule has 0 bridgehead atoms. The van der Waals surface area contributed by atoms with Crippen LogP contribution >= 0.6 is 0 Å². The van der Waals surface area contributed by atoms with Gasteiger partial charge in [0.15, 0.2) is 0 Å². The summed E-state index contributed by atoms with van der Waals surface area (Å²) in [5.41, 5.74) is 2.45. The fourth-order valence-electron chi connectivity index (χ4n) is 2.34. The summed E-state index contributed by atoms with van der Waals surface area (Å²) >= 11 is 0. The third kappa shape index (κ3) is 6.27. The minimum absolute atomic E-state index is 0.0696. The van der Waals surface area contributed by atoms with E-state index in [2.05, 4.69) is 16.0 Å². The van der Waals surface area contributed by atoms with E-state index in [1.165, 1.54) is 6.92 Å². The van der Waals surface area contributed by atoms with Crippen molar-refractivity contribution in [1.29, 1.82) is 0 Å². The second-order valence-corrected chi connectivity index (χ2v) is 5.55. The highest BCUT2D eigenvalue weighted by Crippen LogP contribution is 2.16. The molecule has 6 nitrogen and oxygen atoms in total. The summed E-state index contributed by atoms with van der Waals surface area (Å²) in [7, 11) is 1.64. The molecule has 25 heavy (non-hydrogen) atoms. The second kappa shape index (κ2) is 9.44. The minimum Gasteiger partial charge on any atom is -0.496 e. The lowest BCUT2D eigenvalue weighted by atomic mass is 10.2. The van der Waals surface area contributed by atoms with Crippen LogP contribution in [0.5, 0.6) is 5.75 Å². The van der Waals surface area contributed by atoms with Crippen LogP contribution in [0.4, 0.5) is 11.4 Å². The highest BCUT2D eigenvalue weighted by molar-refractivity contribution is 5.92. The van der Waals surface area contributed by atoms with Crippen molar-refractivity contribution >= 4 is 23.2 Å². The van der Waals surface area contributed by atoms with Crippen molar-refractivity contribution in [3.8, 4) is 5.75 Å². The molecule has 3 N–H and O–H groups in total. The molecule has 0 radical (unpaired) electrons. The predicted octanol–water partition coefficient (Wildman–Crippen LogP) is 2.77. The first kappa shape index (κ1) is 18.5. The second-order valence-electron chi connectivity index (χ2n) is 5.55. The van der Waals surface area contributed by atoms with Gasteiger partial charge in [-0.2, -0.15) is 0 Å². The van der Waals surface area contributed by atoms with Crippen LogP contribution in [-0.4, -0.2) is 25.5 Å². The van der Waals surface area contributed by atoms with E-state index in [0.717, 1.165) is 11.3 Å². The lowest BCUT2D eigenvalue weighted by molar-refractivity contribution is -0.116. The number of para-hydroxylation sites is 1. The van der Waals surface area contributed by atoms with Crippen LogP contribution < -0.4 is 20.7 Å². The number of hydrogen-bond donors (Lipinski definition) is 3. The molecule has 0 atom stereocenters. The Labute approximate surface area is 147 Å². The number of benzene rings is 2. The first-order valence-corrected chi connectivity index (χ1v) is 8.08. The molecule has 0 aliphatic carbocycles. The molecule has 2 rings (SSSR count). The number of nitrogens with one attached hydrogen (secondary N) is 3. The van der Waals surface area contributed by atoms with Crippen molar-refractivity contribution in [2.75, 3.05) is 24.3 Å². The lowest BCUT2D eigenvalue weighted by Gasteiger charge is -2.10. The number of anilines is 2. The van der Waals surface area contributed by atoms with Crippen molar-refractivity contribution in [2.24, 2.45) is 0 Å². The van der Waals surface area contributed by atoms with Crippen molar-refractivity contribution in [3.05, 3.63) is 54.1 Å². The van der Waals surface area contributed by atoms with Crippen molar-refractivity contribution < 1.29 is 14.3 Å². The van der Waals surface area contributed by atoms with Gasteiger partial charge in [-0.15, -0.1) is 0 Å². The van der Waals surface area contributed by atoms with E-state index in [1.807, 2.05) is 24.3 Å². The van der Waals surface area contributed by atoms with Gasteiger partial charge in [0.25, 0.3) is 0 Å². The Morgan fingerprint density at radius 3 is 2.24 bits per heavy atom. The molecule has 0 aromatic heterocycles. The summed E-state index contributed by atoms with van der Waals surface area (Å²) in [5.74, 6) is 0.636. The molecule has 0 fully saturated rings. The van der Waals surface area contributed by atoms with Crippen LogP contribution in [0.15, 0.2) is 48.5 Å². The van der Waals surface area contributed by atoms with Crippen LogP contribution in [0.2, 0.25) is 0 Å². The van der Waals surface area contributed by atoms with Crippen LogP contribution in [0.25, 0.3) is 0 Å². The molecule has 132 valence electrons. The van der Waals surface area contributed by atoms with Crippen LogP contribution in [0, 0.1) is 0 Å². The Hall–Kier alpha value is -2.86. The highest BCUT2D eigenvalue weighted by atomic mass is 16.5. The molecule has 2 aromatic carbocycles. The van der Waals surface area contributed by atoms with E-state index in [4.69, 9.17) is 4.74 Å². The molecule has 6 heteroatoms. The molecule has 2 aromatic rings. The maximum atomic E-state index is 12.0. The Morgan fingerprint density at radius 2 is 1.60 bits per heavy atom. The number of methoxy groups -OCH3 is 1. The van der Waals surface area contributed by atoms with Gasteiger partial charge in [-0.25, -0.2) is 0 Å². The quantitative estimate of drug-likeness (QED) is 0.645. The molecule has 0 saturated heterocycles. The van der Waals surface area contributed by atoms with Crippen molar-refractivity contribution in [1.82, 2.24) is 5.32 Å². The molecule has 0 aliphatic rings. The van der Waals surface area contributed by atoms with Crippen molar-refractivity contribution in [2.45, 2.75) is 19.9 Å². The monoisotopic (exact) mass is 341 g/mol. The van der Waals surface area contributed by atoms with Crippen LogP contribution in [0.3, 0.4) is 0 Å². The summed E-state index contributed by atoms with van der Waals surface area (Å²) in [6, 6.07) is 14.8. The standard InChI is InChI=1S/C19H23N3O3/c1-14(23)21-16-7-9-17(10-8-16)22-19(24)11-12-20-13-15-5-3-4-6-18(15)25-2/h3-10,20H,11-13H2,1-2H3,(H,21,23)(H,22,24). The zero-order valence-corrected chi connectivity index (χ0v) is 14.5. The fourth-order valence-corrected chi connectivity index (χ4v) is 2.34. The molecule has 2 amide bonds. The van der Waals surface area contributed by atoms with Gasteiger partial charge in [0.1, 0.15) is 5.75 Å². The van der Waals surface area contributed by atoms with E-state index >= 15 is 0 Å². The highest BCUT2D eigenvalue weighted by Gasteiger charge is 2.04. The Morgan fingerprint density at radius 1 is 0.960 bits per heavy atom. The van der Waals surface area contributed by atoms with Crippen LogP contribution in [0.1, 0.15) is 18.9 Å². The van der Waals surface area contributed by atoms with Gasteiger partial charge in [0.05, 0.1) is 7.11 Å². The summed E-state index contributed by atoms with van der Waals surface area (Å²) in [6.07, 6.45) is 0.364. The number of rotatable bonds is 8. The zero-order valence-electron chi connectivity index (χ0n) is 14.5. The van der Waals surface area contributed by atoms with E-state index in [-0.39, 0.29) is 11.8 Å². The third-order valence-corrected chi connectivity index (χ3v) is 3.53. The first-order chi connectivity index (χ1) is 12.1. The predicted molar refractivity (Wildman–Crippen MR) is 98.7 cm³/mol. The maximum absolute atomic E-state index is 12.0. The van der Waals surface area contributed by atoms with E-state index in [9.17, 15) is 9.59 Å². The Bertz CT molecular complexity index is 714. The Balaban J connectivity index is 1.72. The normalized spacial score (nSPS) is 10.2. The number of hydrogen-bond acceptors (Lipinski definition) is 4. The first-order valence-electron chi connectivity index (χ1n) is 8.08. The smallest absolute Gasteiger partial charge is 0.225 e. The van der Waals surface area contributed by atoms with Gasteiger partial charge in [0, 0.05) is 43.4 Å². The Kier molecular flexibility index (Phi) is 6.98. The van der Waals surface area contributed by atoms with Crippen LogP contribution in [-0.2, 0) is 16.1 Å². The minimum atomic E-state index is -0.127. The maximum Gasteiger partial charge on any atom is 0.225 e. The zero-order chi connectivity index (χ0) is 18.1. The molecule has 0 aliphatic heterocycles. The van der Waals surface area contributed by atoms with Gasteiger partial charge in [-0.1, -0.05) is 18.2 Å². The molecule has 0 spiro atoms. The van der Waals surface area contributed by atoms with Gasteiger partial charge in [-0.05, 0) is 30.3 Å². The summed E-state index contributed by atoms with van der Waals surface area (Å²) in [5, 5.41) is 8.74. The fraction of sp³-hybridized carbons (Fsp3) is 0.263. The largest absolute Gasteiger partial charge is 0.496 e. The van der Waals surface area contributed by atoms with Gasteiger partial charge in [0.2, 0.25) is 11.8 Å². The lowest BCUT2D eigenvalue weighted by Crippen LogP contribution is -2.21. The number of carbonyl (C=O) groups is 2.